The fraction of sp³-hybridized carbons (Fsp3) is 0.357. The van der Waals surface area contributed by atoms with Crippen LogP contribution in [-0.2, 0) is 0 Å². The van der Waals surface area contributed by atoms with Gasteiger partial charge in [0.05, 0.1) is 17.9 Å². The van der Waals surface area contributed by atoms with Gasteiger partial charge in [-0.25, -0.2) is 0 Å². The number of rotatable bonds is 3. The summed E-state index contributed by atoms with van der Waals surface area (Å²) in [5, 5.41) is 10.4. The molecular weight excluding hydrogens is 270 g/mol. The van der Waals surface area contributed by atoms with E-state index in [1.165, 1.54) is 12.3 Å². The molecule has 0 saturated carbocycles. The van der Waals surface area contributed by atoms with Crippen LogP contribution >= 0.6 is 0 Å². The van der Waals surface area contributed by atoms with Gasteiger partial charge in [0.1, 0.15) is 0 Å². The first-order valence-electron chi connectivity index (χ1n) is 6.97. The number of H-pyrrole nitrogens is 1. The third-order valence-corrected chi connectivity index (χ3v) is 3.58. The molecule has 0 bridgehead atoms. The summed E-state index contributed by atoms with van der Waals surface area (Å²) in [5.41, 5.74) is 0.667. The van der Waals surface area contributed by atoms with Crippen molar-refractivity contribution in [2.75, 3.05) is 18.4 Å². The summed E-state index contributed by atoms with van der Waals surface area (Å²) in [5.74, 6) is -0.314. The van der Waals surface area contributed by atoms with Gasteiger partial charge in [-0.05, 0) is 32.0 Å². The van der Waals surface area contributed by atoms with Crippen molar-refractivity contribution in [3.8, 4) is 0 Å². The van der Waals surface area contributed by atoms with Crippen LogP contribution < -0.4 is 16.2 Å². The van der Waals surface area contributed by atoms with Gasteiger partial charge in [0.25, 0.3) is 5.91 Å². The Morgan fingerprint density at radius 1 is 1.38 bits per heavy atom. The third-order valence-electron chi connectivity index (χ3n) is 3.58. The summed E-state index contributed by atoms with van der Waals surface area (Å²) >= 11 is 0. The Bertz CT molecular complexity index is 684. The zero-order valence-electron chi connectivity index (χ0n) is 11.5. The number of anilines is 1. The largest absolute Gasteiger partial charge is 0.329 e. The van der Waals surface area contributed by atoms with Crippen molar-refractivity contribution in [2.45, 2.75) is 18.9 Å². The normalized spacial score (nSPS) is 15.8. The highest BCUT2D eigenvalue weighted by Crippen LogP contribution is 2.19. The maximum absolute atomic E-state index is 12.0. The van der Waals surface area contributed by atoms with Crippen molar-refractivity contribution in [1.82, 2.24) is 20.1 Å². The molecule has 0 aromatic carbocycles. The molecule has 21 heavy (non-hydrogen) atoms. The molecule has 0 radical (unpaired) electrons. The molecule has 1 saturated heterocycles. The van der Waals surface area contributed by atoms with Crippen molar-refractivity contribution < 1.29 is 4.79 Å². The van der Waals surface area contributed by atoms with Gasteiger partial charge in [0.15, 0.2) is 0 Å². The average Bonchev–Trinajstić information content (AvgIpc) is 2.97. The molecule has 3 rings (SSSR count). The maximum Gasteiger partial charge on any atom is 0.256 e. The Morgan fingerprint density at radius 3 is 2.95 bits per heavy atom. The number of nitrogens with zero attached hydrogens (tertiary/aromatic N) is 2. The van der Waals surface area contributed by atoms with E-state index in [0.29, 0.717) is 17.3 Å². The van der Waals surface area contributed by atoms with Gasteiger partial charge in [-0.1, -0.05) is 0 Å². The van der Waals surface area contributed by atoms with E-state index >= 15 is 0 Å². The molecule has 3 N–H and O–H groups in total. The van der Waals surface area contributed by atoms with Crippen LogP contribution in [0.25, 0.3) is 0 Å². The number of nitrogens with one attached hydrogen (secondary N) is 3. The fourth-order valence-electron chi connectivity index (χ4n) is 2.46. The molecule has 1 fully saturated rings. The zero-order valence-corrected chi connectivity index (χ0v) is 11.5. The minimum Gasteiger partial charge on any atom is -0.329 e. The molecule has 1 aliphatic rings. The molecule has 0 spiro atoms. The van der Waals surface area contributed by atoms with Crippen LogP contribution in [0.1, 0.15) is 29.2 Å². The first-order valence-corrected chi connectivity index (χ1v) is 6.97. The van der Waals surface area contributed by atoms with Crippen LogP contribution in [0.2, 0.25) is 0 Å². The predicted molar refractivity (Wildman–Crippen MR) is 78.4 cm³/mol. The zero-order chi connectivity index (χ0) is 14.7. The van der Waals surface area contributed by atoms with Crippen LogP contribution in [0.5, 0.6) is 0 Å². The van der Waals surface area contributed by atoms with Crippen LogP contribution in [0, 0.1) is 0 Å². The molecule has 2 aromatic rings. The van der Waals surface area contributed by atoms with Crippen LogP contribution in [0.15, 0.2) is 35.5 Å². The molecule has 7 nitrogen and oxygen atoms in total. The Hall–Kier alpha value is -2.41. The van der Waals surface area contributed by atoms with Crippen molar-refractivity contribution in [1.29, 1.82) is 0 Å². The van der Waals surface area contributed by atoms with E-state index in [2.05, 4.69) is 20.7 Å². The van der Waals surface area contributed by atoms with E-state index in [9.17, 15) is 9.59 Å². The standard InChI is InChI=1S/C14H17N5O2/c20-13-7-10(1-6-16-13)14(21)18-11-8-17-19(9-11)12-2-4-15-5-3-12/h1,6-9,12,15H,2-5H2,(H,16,20)(H,18,21). The van der Waals surface area contributed by atoms with Crippen molar-refractivity contribution >= 4 is 11.6 Å². The van der Waals surface area contributed by atoms with Gasteiger partial charge < -0.3 is 15.6 Å². The first kappa shape index (κ1) is 13.6. The Labute approximate surface area is 121 Å². The second-order valence-electron chi connectivity index (χ2n) is 5.09. The minimum atomic E-state index is -0.314. The smallest absolute Gasteiger partial charge is 0.256 e. The summed E-state index contributed by atoms with van der Waals surface area (Å²) in [6.45, 7) is 1.97. The lowest BCUT2D eigenvalue weighted by Gasteiger charge is -2.22. The summed E-state index contributed by atoms with van der Waals surface area (Å²) in [6, 6.07) is 3.21. The highest BCUT2D eigenvalue weighted by Gasteiger charge is 2.16. The van der Waals surface area contributed by atoms with Gasteiger partial charge in [-0.15, -0.1) is 0 Å². The Kier molecular flexibility index (Phi) is 3.83. The molecule has 0 atom stereocenters. The maximum atomic E-state index is 12.0. The predicted octanol–water partition coefficient (Wildman–Crippen LogP) is 0.748. The van der Waals surface area contributed by atoms with E-state index in [1.807, 2.05) is 10.9 Å². The molecule has 3 heterocycles. The van der Waals surface area contributed by atoms with Gasteiger partial charge in [-0.3, -0.25) is 14.3 Å². The summed E-state index contributed by atoms with van der Waals surface area (Å²) in [4.78, 5) is 25.7. The molecule has 0 unspecified atom stereocenters. The number of piperidine rings is 1. The number of hydrogen-bond donors (Lipinski definition) is 3. The quantitative estimate of drug-likeness (QED) is 0.776. The lowest BCUT2D eigenvalue weighted by atomic mass is 10.1. The van der Waals surface area contributed by atoms with Crippen molar-refractivity contribution in [2.24, 2.45) is 0 Å². The Balaban J connectivity index is 1.69. The molecule has 1 amide bonds. The number of pyridine rings is 1. The number of carbonyl (C=O) groups is 1. The van der Waals surface area contributed by atoms with Crippen LogP contribution in [0.3, 0.4) is 0 Å². The SMILES string of the molecule is O=C(Nc1cnn(C2CCNCC2)c1)c1cc[nH]c(=O)c1. The molecule has 1 aliphatic heterocycles. The van der Waals surface area contributed by atoms with Crippen LogP contribution in [0.4, 0.5) is 5.69 Å². The topological polar surface area (TPSA) is 91.8 Å². The third kappa shape index (κ3) is 3.19. The molecular formula is C14H17N5O2. The summed E-state index contributed by atoms with van der Waals surface area (Å²) in [7, 11) is 0. The number of carbonyl (C=O) groups excluding carboxylic acids is 1. The highest BCUT2D eigenvalue weighted by molar-refractivity contribution is 6.03. The van der Waals surface area contributed by atoms with Crippen LogP contribution in [-0.4, -0.2) is 33.8 Å². The van der Waals surface area contributed by atoms with E-state index < -0.39 is 0 Å². The average molecular weight is 287 g/mol. The van der Waals surface area contributed by atoms with Gasteiger partial charge >= 0.3 is 0 Å². The van der Waals surface area contributed by atoms with Crippen molar-refractivity contribution in [3.05, 3.63) is 46.6 Å². The molecule has 110 valence electrons. The second-order valence-corrected chi connectivity index (χ2v) is 5.09. The number of aromatic amines is 1. The molecule has 7 heteroatoms. The Morgan fingerprint density at radius 2 is 2.19 bits per heavy atom. The van der Waals surface area contributed by atoms with E-state index in [4.69, 9.17) is 0 Å². The molecule has 0 aliphatic carbocycles. The second kappa shape index (κ2) is 5.92. The lowest BCUT2D eigenvalue weighted by molar-refractivity contribution is 0.102. The number of aromatic nitrogens is 3. The van der Waals surface area contributed by atoms with Crippen molar-refractivity contribution in [3.63, 3.8) is 0 Å². The van der Waals surface area contributed by atoms with E-state index in [1.54, 1.807) is 12.3 Å². The van der Waals surface area contributed by atoms with Gasteiger partial charge in [0.2, 0.25) is 5.56 Å². The highest BCUT2D eigenvalue weighted by atomic mass is 16.2. The van der Waals surface area contributed by atoms with Gasteiger partial charge in [-0.2, -0.15) is 5.10 Å². The lowest BCUT2D eigenvalue weighted by Crippen LogP contribution is -2.29. The number of amides is 1. The molecule has 2 aromatic heterocycles. The van der Waals surface area contributed by atoms with E-state index in [0.717, 1.165) is 25.9 Å². The fourth-order valence-corrected chi connectivity index (χ4v) is 2.46. The summed E-state index contributed by atoms with van der Waals surface area (Å²) < 4.78 is 1.90. The van der Waals surface area contributed by atoms with E-state index in [-0.39, 0.29) is 11.5 Å². The first-order chi connectivity index (χ1) is 10.2. The number of hydrogen-bond acceptors (Lipinski definition) is 4. The minimum absolute atomic E-state index is 0.298. The van der Waals surface area contributed by atoms with Gasteiger partial charge in [0, 0.05) is 24.0 Å². The summed E-state index contributed by atoms with van der Waals surface area (Å²) in [6.07, 6.45) is 6.98. The monoisotopic (exact) mass is 287 g/mol.